The van der Waals surface area contributed by atoms with Gasteiger partial charge in [-0.3, -0.25) is 4.90 Å². The Kier molecular flexibility index (Phi) is 4.22. The molecule has 0 aromatic heterocycles. The third-order valence-electron chi connectivity index (χ3n) is 3.49. The fourth-order valence-electron chi connectivity index (χ4n) is 2.42. The van der Waals surface area contributed by atoms with Crippen molar-refractivity contribution < 1.29 is 4.74 Å². The molecular weight excluding hydrogens is 224 g/mol. The molecule has 1 aromatic rings. The van der Waals surface area contributed by atoms with E-state index < -0.39 is 0 Å². The highest BCUT2D eigenvalue weighted by atomic mass is 16.5. The van der Waals surface area contributed by atoms with E-state index in [1.54, 1.807) is 0 Å². The van der Waals surface area contributed by atoms with Crippen LogP contribution in [-0.4, -0.2) is 30.6 Å². The molecular formula is C15H20N2O. The number of rotatable bonds is 5. The fourth-order valence-corrected chi connectivity index (χ4v) is 2.42. The van der Waals surface area contributed by atoms with Crippen molar-refractivity contribution in [2.24, 2.45) is 0 Å². The minimum Gasteiger partial charge on any atom is -0.493 e. The normalized spacial score (nSPS) is 17.6. The van der Waals surface area contributed by atoms with Crippen LogP contribution in [0.5, 0.6) is 5.75 Å². The fraction of sp³-hybridized carbons (Fsp3) is 0.533. The largest absolute Gasteiger partial charge is 0.493 e. The molecule has 0 radical (unpaired) electrons. The van der Waals surface area contributed by atoms with Crippen LogP contribution in [-0.2, 0) is 0 Å². The summed E-state index contributed by atoms with van der Waals surface area (Å²) in [5.74, 6) is 1.45. The first kappa shape index (κ1) is 12.9. The molecule has 0 bridgehead atoms. The highest BCUT2D eigenvalue weighted by Crippen LogP contribution is 2.34. The van der Waals surface area contributed by atoms with Gasteiger partial charge in [0.1, 0.15) is 5.75 Å². The summed E-state index contributed by atoms with van der Waals surface area (Å²) in [6, 6.07) is 10.9. The molecule has 0 saturated carbocycles. The minimum absolute atomic E-state index is 0.433. The summed E-state index contributed by atoms with van der Waals surface area (Å²) in [6.07, 6.45) is 0.591. The molecule has 0 amide bonds. The van der Waals surface area contributed by atoms with Gasteiger partial charge in [-0.2, -0.15) is 5.26 Å². The van der Waals surface area contributed by atoms with Crippen LogP contribution < -0.4 is 4.74 Å². The highest BCUT2D eigenvalue weighted by Gasteiger charge is 2.26. The van der Waals surface area contributed by atoms with Gasteiger partial charge in [-0.15, -0.1) is 0 Å². The van der Waals surface area contributed by atoms with Crippen molar-refractivity contribution in [2.75, 3.05) is 19.7 Å². The molecule has 1 atom stereocenters. The summed E-state index contributed by atoms with van der Waals surface area (Å²) in [5.41, 5.74) is 1.31. The topological polar surface area (TPSA) is 36.3 Å². The van der Waals surface area contributed by atoms with Gasteiger partial charge in [0.15, 0.2) is 0 Å². The maximum Gasteiger partial charge on any atom is 0.122 e. The van der Waals surface area contributed by atoms with E-state index in [4.69, 9.17) is 10.00 Å². The maximum absolute atomic E-state index is 8.71. The molecule has 0 saturated heterocycles. The lowest BCUT2D eigenvalue weighted by Crippen LogP contribution is -2.35. The van der Waals surface area contributed by atoms with Gasteiger partial charge < -0.3 is 4.74 Å². The van der Waals surface area contributed by atoms with Gasteiger partial charge in [-0.05, 0) is 19.9 Å². The molecule has 0 aliphatic carbocycles. The van der Waals surface area contributed by atoms with Gasteiger partial charge >= 0.3 is 0 Å². The van der Waals surface area contributed by atoms with Gasteiger partial charge in [0.2, 0.25) is 0 Å². The van der Waals surface area contributed by atoms with E-state index >= 15 is 0 Å². The second kappa shape index (κ2) is 5.88. The number of para-hydroxylation sites is 1. The van der Waals surface area contributed by atoms with E-state index in [2.05, 4.69) is 36.9 Å². The molecule has 0 spiro atoms. The lowest BCUT2D eigenvalue weighted by molar-refractivity contribution is 0.198. The van der Waals surface area contributed by atoms with Crippen molar-refractivity contribution in [3.8, 4) is 11.8 Å². The number of fused-ring (bicyclic) bond motifs is 1. The molecule has 96 valence electrons. The summed E-state index contributed by atoms with van der Waals surface area (Å²) in [5, 5.41) is 8.71. The molecule has 3 heteroatoms. The molecule has 18 heavy (non-hydrogen) atoms. The van der Waals surface area contributed by atoms with Crippen molar-refractivity contribution in [1.82, 2.24) is 4.90 Å². The molecule has 1 aliphatic rings. The van der Waals surface area contributed by atoms with Gasteiger partial charge in [0, 0.05) is 37.0 Å². The highest BCUT2D eigenvalue weighted by molar-refractivity contribution is 5.39. The van der Waals surface area contributed by atoms with Crippen LogP contribution in [0.25, 0.3) is 0 Å². The number of nitrogens with zero attached hydrogens (tertiary/aromatic N) is 2. The predicted molar refractivity (Wildman–Crippen MR) is 71.6 cm³/mol. The third-order valence-corrected chi connectivity index (χ3v) is 3.49. The van der Waals surface area contributed by atoms with E-state index in [1.165, 1.54) is 5.56 Å². The van der Waals surface area contributed by atoms with Gasteiger partial charge in [-0.25, -0.2) is 0 Å². The second-order valence-electron chi connectivity index (χ2n) is 5.04. The number of benzene rings is 1. The first-order chi connectivity index (χ1) is 8.72. The number of hydrogen-bond acceptors (Lipinski definition) is 3. The molecule has 1 aliphatic heterocycles. The zero-order valence-electron chi connectivity index (χ0n) is 11.1. The Hall–Kier alpha value is -1.53. The van der Waals surface area contributed by atoms with Gasteiger partial charge in [0.05, 0.1) is 12.7 Å². The molecule has 1 heterocycles. The minimum atomic E-state index is 0.433. The zero-order valence-corrected chi connectivity index (χ0v) is 11.1. The van der Waals surface area contributed by atoms with E-state index in [1.807, 2.05) is 12.1 Å². The molecule has 0 fully saturated rings. The van der Waals surface area contributed by atoms with Crippen molar-refractivity contribution in [3.63, 3.8) is 0 Å². The van der Waals surface area contributed by atoms with Crippen molar-refractivity contribution >= 4 is 0 Å². The maximum atomic E-state index is 8.71. The SMILES string of the molecule is CC(C)N(CCC#N)CC1COc2ccccc21. The number of nitriles is 1. The van der Waals surface area contributed by atoms with Crippen LogP contribution >= 0.6 is 0 Å². The van der Waals surface area contributed by atoms with E-state index in [9.17, 15) is 0 Å². The van der Waals surface area contributed by atoms with Gasteiger partial charge in [-0.1, -0.05) is 18.2 Å². The Labute approximate surface area is 109 Å². The lowest BCUT2D eigenvalue weighted by Gasteiger charge is -2.27. The number of hydrogen-bond donors (Lipinski definition) is 0. The summed E-state index contributed by atoms with van der Waals surface area (Å²) in [7, 11) is 0. The quantitative estimate of drug-likeness (QED) is 0.799. The van der Waals surface area contributed by atoms with Crippen molar-refractivity contribution in [1.29, 1.82) is 5.26 Å². The Balaban J connectivity index is 2.03. The predicted octanol–water partition coefficient (Wildman–Crippen LogP) is 2.79. The molecule has 1 aromatic carbocycles. The average molecular weight is 244 g/mol. The molecule has 0 N–H and O–H groups in total. The van der Waals surface area contributed by atoms with Gasteiger partial charge in [0.25, 0.3) is 0 Å². The smallest absolute Gasteiger partial charge is 0.122 e. The Morgan fingerprint density at radius 2 is 2.22 bits per heavy atom. The van der Waals surface area contributed by atoms with Crippen molar-refractivity contribution in [2.45, 2.75) is 32.2 Å². The Morgan fingerprint density at radius 3 is 2.94 bits per heavy atom. The Morgan fingerprint density at radius 1 is 1.44 bits per heavy atom. The van der Waals surface area contributed by atoms with E-state index in [0.29, 0.717) is 18.4 Å². The monoisotopic (exact) mass is 244 g/mol. The molecule has 3 nitrogen and oxygen atoms in total. The van der Waals surface area contributed by atoms with E-state index in [-0.39, 0.29) is 0 Å². The van der Waals surface area contributed by atoms with Crippen LogP contribution in [0.3, 0.4) is 0 Å². The first-order valence-corrected chi connectivity index (χ1v) is 6.55. The van der Waals surface area contributed by atoms with Crippen LogP contribution in [0, 0.1) is 11.3 Å². The van der Waals surface area contributed by atoms with Crippen LogP contribution in [0.15, 0.2) is 24.3 Å². The third kappa shape index (κ3) is 2.83. The first-order valence-electron chi connectivity index (χ1n) is 6.55. The van der Waals surface area contributed by atoms with Crippen LogP contribution in [0.4, 0.5) is 0 Å². The van der Waals surface area contributed by atoms with Crippen LogP contribution in [0.2, 0.25) is 0 Å². The molecule has 2 rings (SSSR count). The molecule has 1 unspecified atom stereocenters. The average Bonchev–Trinajstić information content (AvgIpc) is 2.77. The van der Waals surface area contributed by atoms with E-state index in [0.717, 1.165) is 25.4 Å². The lowest BCUT2D eigenvalue weighted by atomic mass is 10.00. The summed E-state index contributed by atoms with van der Waals surface area (Å²) in [6.45, 7) is 6.93. The summed E-state index contributed by atoms with van der Waals surface area (Å²) < 4.78 is 5.70. The zero-order chi connectivity index (χ0) is 13.0. The van der Waals surface area contributed by atoms with Crippen molar-refractivity contribution in [3.05, 3.63) is 29.8 Å². The Bertz CT molecular complexity index is 436. The summed E-state index contributed by atoms with van der Waals surface area (Å²) >= 11 is 0. The van der Waals surface area contributed by atoms with Crippen LogP contribution in [0.1, 0.15) is 31.7 Å². The second-order valence-corrected chi connectivity index (χ2v) is 5.04. The standard InChI is InChI=1S/C15H20N2O/c1-12(2)17(9-5-8-16)10-13-11-18-15-7-4-3-6-14(13)15/h3-4,6-7,12-13H,5,9-11H2,1-2H3. The summed E-state index contributed by atoms with van der Waals surface area (Å²) in [4.78, 5) is 2.36. The number of ether oxygens (including phenoxy) is 1.